The molecule has 0 atom stereocenters. The van der Waals surface area contributed by atoms with Crippen molar-refractivity contribution in [2.75, 3.05) is 13.2 Å². The molecule has 0 aliphatic heterocycles. The van der Waals surface area contributed by atoms with Gasteiger partial charge < -0.3 is 9.47 Å². The molecule has 0 heterocycles. The van der Waals surface area contributed by atoms with Crippen molar-refractivity contribution < 1.29 is 53.8 Å². The molecule has 132 valence electrons. The van der Waals surface area contributed by atoms with Gasteiger partial charge in [0, 0.05) is 6.42 Å². The van der Waals surface area contributed by atoms with E-state index in [2.05, 4.69) is 9.47 Å². The van der Waals surface area contributed by atoms with E-state index in [1.807, 2.05) is 0 Å². The number of ether oxygens (including phenoxy) is 2. The number of alkyl halides is 9. The van der Waals surface area contributed by atoms with Gasteiger partial charge in [0.25, 0.3) is 0 Å². The van der Waals surface area contributed by atoms with Gasteiger partial charge in [-0.2, -0.15) is 39.5 Å². The van der Waals surface area contributed by atoms with Crippen LogP contribution in [0.4, 0.5) is 44.3 Å². The number of hydrogen-bond acceptors (Lipinski definition) is 3. The van der Waals surface area contributed by atoms with Crippen LogP contribution in [0, 0.1) is 0 Å². The highest BCUT2D eigenvalue weighted by Crippen LogP contribution is 2.54. The van der Waals surface area contributed by atoms with Crippen LogP contribution in [0.1, 0.15) is 19.8 Å². The molecule has 0 aromatic rings. The molecule has 12 heteroatoms. The summed E-state index contributed by atoms with van der Waals surface area (Å²) in [5.74, 6) is -19.2. The lowest BCUT2D eigenvalue weighted by Crippen LogP contribution is -2.60. The van der Waals surface area contributed by atoms with Crippen molar-refractivity contribution in [2.45, 2.75) is 43.7 Å². The maximum Gasteiger partial charge on any atom is 0.508 e. The topological polar surface area (TPSA) is 35.5 Å². The molecule has 0 aliphatic carbocycles. The highest BCUT2D eigenvalue weighted by molar-refractivity contribution is 5.59. The Kier molecular flexibility index (Phi) is 6.40. The lowest BCUT2D eigenvalue weighted by molar-refractivity contribution is -0.396. The first-order chi connectivity index (χ1) is 9.70. The van der Waals surface area contributed by atoms with Gasteiger partial charge in [-0.15, -0.1) is 0 Å². The summed E-state index contributed by atoms with van der Waals surface area (Å²) in [6.45, 7) is 0.322. The van der Waals surface area contributed by atoms with Crippen LogP contribution < -0.4 is 0 Å². The van der Waals surface area contributed by atoms with Crippen LogP contribution in [-0.2, 0) is 9.47 Å². The van der Waals surface area contributed by atoms with E-state index in [0.29, 0.717) is 0 Å². The highest BCUT2D eigenvalue weighted by atomic mass is 19.4. The van der Waals surface area contributed by atoms with Gasteiger partial charge in [-0.3, -0.25) is 0 Å². The molecule has 0 aliphatic rings. The fraction of sp³-hybridized carbons (Fsp3) is 0.900. The van der Waals surface area contributed by atoms with Crippen molar-refractivity contribution in [1.29, 1.82) is 0 Å². The van der Waals surface area contributed by atoms with E-state index < -0.39 is 49.5 Å². The quantitative estimate of drug-likeness (QED) is 0.388. The minimum absolute atomic E-state index is 0.134. The summed E-state index contributed by atoms with van der Waals surface area (Å²) in [6, 6.07) is 0. The van der Waals surface area contributed by atoms with Gasteiger partial charge in [0.2, 0.25) is 0 Å². The minimum Gasteiger partial charge on any atom is -0.435 e. The number of carbonyl (C=O) groups excluding carboxylic acids is 1. The zero-order valence-corrected chi connectivity index (χ0v) is 11.0. The van der Waals surface area contributed by atoms with Gasteiger partial charge in [-0.05, 0) is 13.3 Å². The molecule has 0 aromatic carbocycles. The summed E-state index contributed by atoms with van der Waals surface area (Å²) in [6.07, 6.45) is -11.3. The monoisotopic (exact) mass is 350 g/mol. The first-order valence-electron chi connectivity index (χ1n) is 5.70. The Bertz CT molecular complexity index is 378. The van der Waals surface area contributed by atoms with E-state index in [1.54, 1.807) is 0 Å². The van der Waals surface area contributed by atoms with Crippen LogP contribution in [0.5, 0.6) is 0 Å². The Balaban J connectivity index is 4.75. The maximum atomic E-state index is 13.0. The second-order valence-corrected chi connectivity index (χ2v) is 3.99. The Morgan fingerprint density at radius 2 is 1.36 bits per heavy atom. The molecule has 0 saturated heterocycles. The predicted molar refractivity (Wildman–Crippen MR) is 53.1 cm³/mol. The number of hydrogen-bond donors (Lipinski definition) is 0. The van der Waals surface area contributed by atoms with Crippen molar-refractivity contribution in [1.82, 2.24) is 0 Å². The molecule has 0 N–H and O–H groups in total. The van der Waals surface area contributed by atoms with Gasteiger partial charge >= 0.3 is 30.1 Å². The van der Waals surface area contributed by atoms with Crippen molar-refractivity contribution >= 4 is 6.16 Å². The number of carbonyl (C=O) groups is 1. The van der Waals surface area contributed by atoms with E-state index in [-0.39, 0.29) is 6.61 Å². The van der Waals surface area contributed by atoms with Crippen molar-refractivity contribution in [3.8, 4) is 0 Å². The summed E-state index contributed by atoms with van der Waals surface area (Å²) in [4.78, 5) is 10.6. The molecular formula is C10H11F9O3. The largest absolute Gasteiger partial charge is 0.508 e. The third kappa shape index (κ3) is 4.32. The molecule has 0 spiro atoms. The summed E-state index contributed by atoms with van der Waals surface area (Å²) >= 11 is 0. The standard InChI is InChI=1S/C10H11F9O3/c1-2-21-6(20)22-5-3-4-7(11,12)8(13,14)9(15,16)10(17,18)19/h2-5H2,1H3. The third-order valence-corrected chi connectivity index (χ3v) is 2.33. The molecular weight excluding hydrogens is 339 g/mol. The van der Waals surface area contributed by atoms with E-state index >= 15 is 0 Å². The molecule has 0 fully saturated rings. The summed E-state index contributed by atoms with van der Waals surface area (Å²) in [7, 11) is 0. The molecule has 0 amide bonds. The Labute approximate surface area is 118 Å². The Hall–Kier alpha value is -1.36. The smallest absolute Gasteiger partial charge is 0.435 e. The van der Waals surface area contributed by atoms with Crippen LogP contribution in [0.15, 0.2) is 0 Å². The van der Waals surface area contributed by atoms with E-state index in [1.165, 1.54) is 6.92 Å². The second-order valence-electron chi connectivity index (χ2n) is 3.99. The molecule has 0 unspecified atom stereocenters. The molecule has 0 rings (SSSR count). The third-order valence-electron chi connectivity index (χ3n) is 2.33. The average Bonchev–Trinajstić information content (AvgIpc) is 2.33. The van der Waals surface area contributed by atoms with Crippen LogP contribution >= 0.6 is 0 Å². The Morgan fingerprint density at radius 1 is 0.864 bits per heavy atom. The molecule has 0 bridgehead atoms. The SMILES string of the molecule is CCOC(=O)OCCCC(F)(F)C(F)(F)C(F)(F)C(F)(F)F. The van der Waals surface area contributed by atoms with Crippen molar-refractivity contribution in [3.63, 3.8) is 0 Å². The second kappa shape index (κ2) is 6.82. The van der Waals surface area contributed by atoms with Crippen molar-refractivity contribution in [2.24, 2.45) is 0 Å². The first kappa shape index (κ1) is 20.6. The fourth-order valence-electron chi connectivity index (χ4n) is 1.17. The highest BCUT2D eigenvalue weighted by Gasteiger charge is 2.81. The van der Waals surface area contributed by atoms with Crippen LogP contribution in [-0.4, -0.2) is 43.3 Å². The molecule has 0 saturated carbocycles. The van der Waals surface area contributed by atoms with Gasteiger partial charge in [0.05, 0.1) is 13.2 Å². The van der Waals surface area contributed by atoms with Crippen LogP contribution in [0.3, 0.4) is 0 Å². The predicted octanol–water partition coefficient (Wildman–Crippen LogP) is 4.41. The van der Waals surface area contributed by atoms with E-state index in [9.17, 15) is 44.3 Å². The van der Waals surface area contributed by atoms with Gasteiger partial charge in [0.15, 0.2) is 0 Å². The number of halogens is 9. The van der Waals surface area contributed by atoms with Gasteiger partial charge in [0.1, 0.15) is 0 Å². The fourth-order valence-corrected chi connectivity index (χ4v) is 1.17. The molecule has 3 nitrogen and oxygen atoms in total. The normalized spacial score (nSPS) is 13.9. The zero-order valence-electron chi connectivity index (χ0n) is 11.0. The van der Waals surface area contributed by atoms with E-state index in [4.69, 9.17) is 0 Å². The molecule has 0 aromatic heterocycles. The summed E-state index contributed by atoms with van der Waals surface area (Å²) in [5, 5.41) is 0. The van der Waals surface area contributed by atoms with Gasteiger partial charge in [-0.25, -0.2) is 4.79 Å². The van der Waals surface area contributed by atoms with Gasteiger partial charge in [-0.1, -0.05) is 0 Å². The zero-order chi connectivity index (χ0) is 17.8. The van der Waals surface area contributed by atoms with Crippen molar-refractivity contribution in [3.05, 3.63) is 0 Å². The van der Waals surface area contributed by atoms with Crippen LogP contribution in [0.25, 0.3) is 0 Å². The summed E-state index contributed by atoms with van der Waals surface area (Å²) < 4.78 is 120. The van der Waals surface area contributed by atoms with Crippen LogP contribution in [0.2, 0.25) is 0 Å². The summed E-state index contributed by atoms with van der Waals surface area (Å²) in [5.41, 5.74) is 0. The molecule has 0 radical (unpaired) electrons. The van der Waals surface area contributed by atoms with E-state index in [0.717, 1.165) is 0 Å². The lowest BCUT2D eigenvalue weighted by Gasteiger charge is -2.33. The average molecular weight is 350 g/mol. The first-order valence-corrected chi connectivity index (χ1v) is 5.70. The maximum absolute atomic E-state index is 13.0. The molecule has 22 heavy (non-hydrogen) atoms. The Morgan fingerprint density at radius 3 is 1.77 bits per heavy atom. The number of rotatable bonds is 7. The minimum atomic E-state index is -6.91. The lowest BCUT2D eigenvalue weighted by atomic mass is 10.00.